The molecule has 30 heavy (non-hydrogen) atoms. The lowest BCUT2D eigenvalue weighted by Crippen LogP contribution is -2.34. The topological polar surface area (TPSA) is 161 Å². The summed E-state index contributed by atoms with van der Waals surface area (Å²) in [4.78, 5) is 45.4. The van der Waals surface area contributed by atoms with E-state index in [0.29, 0.717) is 13.2 Å². The molecule has 0 bridgehead atoms. The van der Waals surface area contributed by atoms with Crippen LogP contribution in [0.25, 0.3) is 0 Å². The molecule has 0 spiro atoms. The zero-order valence-corrected chi connectivity index (χ0v) is 17.4. The van der Waals surface area contributed by atoms with E-state index in [1.165, 1.54) is 0 Å². The highest BCUT2D eigenvalue weighted by atomic mass is 16.5. The Morgan fingerprint density at radius 3 is 2.47 bits per heavy atom. The first-order valence-corrected chi connectivity index (χ1v) is 9.89. The average Bonchev–Trinajstić information content (AvgIpc) is 3.13. The van der Waals surface area contributed by atoms with Gasteiger partial charge in [-0.05, 0) is 12.3 Å². The SMILES string of the molecule is CC(C)c1cn(CCOCCC(=O)NCC(CC(=O)CCCC(=O)O)C(=O)O)nn1. The number of carbonyl (C=O) groups excluding carboxylic acids is 2. The quantitative estimate of drug-likeness (QED) is 0.325. The first-order valence-electron chi connectivity index (χ1n) is 9.89. The number of carboxylic acids is 2. The molecule has 11 nitrogen and oxygen atoms in total. The van der Waals surface area contributed by atoms with Gasteiger partial charge in [-0.15, -0.1) is 5.10 Å². The number of nitrogens with zero attached hydrogens (tertiary/aromatic N) is 3. The number of amides is 1. The molecule has 1 aromatic rings. The molecule has 168 valence electrons. The van der Waals surface area contributed by atoms with E-state index in [2.05, 4.69) is 15.6 Å². The van der Waals surface area contributed by atoms with Crippen molar-refractivity contribution in [2.24, 2.45) is 5.92 Å². The van der Waals surface area contributed by atoms with Crippen LogP contribution in [0.5, 0.6) is 0 Å². The average molecular weight is 426 g/mol. The number of hydrogen-bond donors (Lipinski definition) is 3. The zero-order valence-electron chi connectivity index (χ0n) is 17.4. The summed E-state index contributed by atoms with van der Waals surface area (Å²) in [5.41, 5.74) is 0.891. The molecule has 3 N–H and O–H groups in total. The molecule has 1 heterocycles. The number of hydrogen-bond acceptors (Lipinski definition) is 7. The van der Waals surface area contributed by atoms with Crippen molar-refractivity contribution < 1.29 is 34.1 Å². The van der Waals surface area contributed by atoms with Crippen LogP contribution in [-0.4, -0.2) is 68.6 Å². The normalized spacial score (nSPS) is 12.0. The summed E-state index contributed by atoms with van der Waals surface area (Å²) < 4.78 is 7.06. The molecule has 1 unspecified atom stereocenters. The van der Waals surface area contributed by atoms with Crippen LogP contribution in [0.3, 0.4) is 0 Å². The molecule has 11 heteroatoms. The third-order valence-electron chi connectivity index (χ3n) is 4.30. The molecule has 0 aliphatic heterocycles. The highest BCUT2D eigenvalue weighted by molar-refractivity contribution is 5.84. The summed E-state index contributed by atoms with van der Waals surface area (Å²) in [5.74, 6) is -3.66. The van der Waals surface area contributed by atoms with Gasteiger partial charge in [0.1, 0.15) is 5.78 Å². The summed E-state index contributed by atoms with van der Waals surface area (Å²) in [6.45, 7) is 4.91. The lowest BCUT2D eigenvalue weighted by atomic mass is 9.99. The Morgan fingerprint density at radius 2 is 1.87 bits per heavy atom. The molecule has 1 amide bonds. The molecule has 1 aromatic heterocycles. The van der Waals surface area contributed by atoms with E-state index in [0.717, 1.165) is 5.69 Å². The minimum Gasteiger partial charge on any atom is -0.481 e. The van der Waals surface area contributed by atoms with Gasteiger partial charge in [-0.2, -0.15) is 0 Å². The summed E-state index contributed by atoms with van der Waals surface area (Å²) in [7, 11) is 0. The van der Waals surface area contributed by atoms with E-state index in [1.807, 2.05) is 20.0 Å². The van der Waals surface area contributed by atoms with Crippen LogP contribution in [0.15, 0.2) is 6.20 Å². The maximum absolute atomic E-state index is 11.9. The van der Waals surface area contributed by atoms with Crippen LogP contribution in [-0.2, 0) is 30.5 Å². The fraction of sp³-hybridized carbons (Fsp3) is 0.684. The molecule has 0 saturated heterocycles. The van der Waals surface area contributed by atoms with Crippen LogP contribution in [0.4, 0.5) is 0 Å². The predicted octanol–water partition coefficient (Wildman–Crippen LogP) is 0.839. The highest BCUT2D eigenvalue weighted by Gasteiger charge is 2.22. The second-order valence-corrected chi connectivity index (χ2v) is 7.25. The number of nitrogens with one attached hydrogen (secondary N) is 1. The van der Waals surface area contributed by atoms with Gasteiger partial charge in [0.05, 0.1) is 31.4 Å². The minimum atomic E-state index is -1.19. The van der Waals surface area contributed by atoms with Gasteiger partial charge in [-0.3, -0.25) is 19.2 Å². The third kappa shape index (κ3) is 10.6. The number of aromatic nitrogens is 3. The maximum Gasteiger partial charge on any atom is 0.308 e. The van der Waals surface area contributed by atoms with Gasteiger partial charge >= 0.3 is 11.9 Å². The van der Waals surface area contributed by atoms with Gasteiger partial charge in [-0.1, -0.05) is 19.1 Å². The fourth-order valence-electron chi connectivity index (χ4n) is 2.50. The van der Waals surface area contributed by atoms with Gasteiger partial charge in [0, 0.05) is 38.4 Å². The van der Waals surface area contributed by atoms with Crippen LogP contribution < -0.4 is 5.32 Å². The molecular weight excluding hydrogens is 396 g/mol. The Kier molecular flexibility index (Phi) is 11.3. The lowest BCUT2D eigenvalue weighted by molar-refractivity contribution is -0.144. The minimum absolute atomic E-state index is 0.00228. The van der Waals surface area contributed by atoms with Crippen LogP contribution in [0.1, 0.15) is 57.6 Å². The van der Waals surface area contributed by atoms with E-state index < -0.39 is 17.9 Å². The molecule has 0 aromatic carbocycles. The smallest absolute Gasteiger partial charge is 0.308 e. The Hall–Kier alpha value is -2.82. The number of carbonyl (C=O) groups is 4. The molecule has 0 fully saturated rings. The monoisotopic (exact) mass is 426 g/mol. The van der Waals surface area contributed by atoms with Crippen LogP contribution in [0.2, 0.25) is 0 Å². The maximum atomic E-state index is 11.9. The van der Waals surface area contributed by atoms with Crippen molar-refractivity contribution in [2.75, 3.05) is 19.8 Å². The lowest BCUT2D eigenvalue weighted by Gasteiger charge is -2.13. The van der Waals surface area contributed by atoms with Crippen molar-refractivity contribution in [3.05, 3.63) is 11.9 Å². The van der Waals surface area contributed by atoms with E-state index in [4.69, 9.17) is 9.84 Å². The van der Waals surface area contributed by atoms with E-state index in [1.54, 1.807) is 4.68 Å². The molecule has 0 aliphatic rings. The third-order valence-corrected chi connectivity index (χ3v) is 4.30. The van der Waals surface area contributed by atoms with Crippen LogP contribution >= 0.6 is 0 Å². The largest absolute Gasteiger partial charge is 0.481 e. The molecule has 0 radical (unpaired) electrons. The van der Waals surface area contributed by atoms with E-state index >= 15 is 0 Å². The van der Waals surface area contributed by atoms with E-state index in [9.17, 15) is 24.3 Å². The van der Waals surface area contributed by atoms with Crippen molar-refractivity contribution in [3.63, 3.8) is 0 Å². The van der Waals surface area contributed by atoms with Gasteiger partial charge in [-0.25, -0.2) is 4.68 Å². The Labute approximate surface area is 174 Å². The Bertz CT molecular complexity index is 717. The number of ketones is 1. The fourth-order valence-corrected chi connectivity index (χ4v) is 2.50. The summed E-state index contributed by atoms with van der Waals surface area (Å²) in [5, 5.41) is 28.3. The van der Waals surface area contributed by atoms with Gasteiger partial charge < -0.3 is 20.3 Å². The molecule has 0 saturated carbocycles. The Balaban J connectivity index is 2.21. The number of Topliss-reactive ketones (excluding diaryl/α,β-unsaturated/α-hetero) is 1. The van der Waals surface area contributed by atoms with Gasteiger partial charge in [0.2, 0.25) is 5.91 Å². The van der Waals surface area contributed by atoms with E-state index in [-0.39, 0.29) is 62.9 Å². The van der Waals surface area contributed by atoms with Gasteiger partial charge in [0.15, 0.2) is 0 Å². The van der Waals surface area contributed by atoms with Crippen molar-refractivity contribution in [1.82, 2.24) is 20.3 Å². The molecule has 1 atom stereocenters. The number of ether oxygens (including phenoxy) is 1. The number of aliphatic carboxylic acids is 2. The number of rotatable bonds is 16. The molecular formula is C19H30N4O7. The van der Waals surface area contributed by atoms with Crippen molar-refractivity contribution >= 4 is 23.6 Å². The molecule has 0 aliphatic carbocycles. The Morgan fingerprint density at radius 1 is 1.13 bits per heavy atom. The zero-order chi connectivity index (χ0) is 22.5. The second-order valence-electron chi connectivity index (χ2n) is 7.25. The second kappa shape index (κ2) is 13.4. The van der Waals surface area contributed by atoms with Gasteiger partial charge in [0.25, 0.3) is 0 Å². The predicted molar refractivity (Wildman–Crippen MR) is 105 cm³/mol. The van der Waals surface area contributed by atoms with Crippen molar-refractivity contribution in [1.29, 1.82) is 0 Å². The van der Waals surface area contributed by atoms with Crippen molar-refractivity contribution in [2.45, 2.75) is 58.4 Å². The summed E-state index contributed by atoms with van der Waals surface area (Å²) in [6, 6.07) is 0. The first kappa shape index (κ1) is 25.2. The highest BCUT2D eigenvalue weighted by Crippen LogP contribution is 2.09. The summed E-state index contributed by atoms with van der Waals surface area (Å²) in [6.07, 6.45) is 1.68. The van der Waals surface area contributed by atoms with Crippen LogP contribution in [0, 0.1) is 5.92 Å². The molecule has 1 rings (SSSR count). The standard InChI is InChI=1S/C19H30N4O7/c1-13(2)16-12-23(22-21-16)7-9-30-8-6-17(25)20-11-14(19(28)29)10-15(24)4-3-5-18(26)27/h12-14H,3-11H2,1-2H3,(H,20,25)(H,26,27)(H,28,29). The number of carboxylic acid groups (broad SMARTS) is 2. The first-order chi connectivity index (χ1) is 14.2. The van der Waals surface area contributed by atoms with Crippen molar-refractivity contribution in [3.8, 4) is 0 Å². The summed E-state index contributed by atoms with van der Waals surface area (Å²) >= 11 is 0.